The third-order valence-electron chi connectivity index (χ3n) is 1.09. The summed E-state index contributed by atoms with van der Waals surface area (Å²) in [7, 11) is 0. The van der Waals surface area contributed by atoms with Gasteiger partial charge in [-0.2, -0.15) is 0 Å². The summed E-state index contributed by atoms with van der Waals surface area (Å²) in [4.78, 5) is 5.30. The van der Waals surface area contributed by atoms with Gasteiger partial charge < -0.3 is 0 Å². The Balaban J connectivity index is 2.13. The molecule has 0 spiro atoms. The number of rotatable bonds is 3. The predicted molar refractivity (Wildman–Crippen MR) is 41.6 cm³/mol. The Morgan fingerprint density at radius 2 is 2.56 bits per heavy atom. The molecule has 50 valence electrons. The molecule has 1 heterocycles. The van der Waals surface area contributed by atoms with Crippen molar-refractivity contribution in [2.24, 2.45) is 4.99 Å². The largest absolute Gasteiger partial charge is 0.256 e. The van der Waals surface area contributed by atoms with Crippen LogP contribution in [0.25, 0.3) is 0 Å². The molecular formula is C6H11N2S+. The molecule has 1 N–H and O–H groups in total. The van der Waals surface area contributed by atoms with Crippen molar-refractivity contribution in [3.8, 4) is 0 Å². The van der Waals surface area contributed by atoms with Crippen LogP contribution in [0.5, 0.6) is 0 Å². The van der Waals surface area contributed by atoms with Crippen LogP contribution in [0, 0.1) is 0 Å². The number of hydrogen-bond acceptors (Lipinski definition) is 2. The second kappa shape index (κ2) is 3.69. The Bertz CT molecular complexity index is 119. The van der Waals surface area contributed by atoms with Gasteiger partial charge in [-0.1, -0.05) is 6.92 Å². The third-order valence-corrected chi connectivity index (χ3v) is 2.03. The van der Waals surface area contributed by atoms with Crippen molar-refractivity contribution in [1.29, 1.82) is 0 Å². The highest BCUT2D eigenvalue weighted by Gasteiger charge is 2.02. The first kappa shape index (κ1) is 6.83. The molecule has 0 aromatic rings. The monoisotopic (exact) mass is 143 g/mol. The number of nitrogens with zero attached hydrogens (tertiary/aromatic N) is 1. The molecule has 3 heteroatoms. The standard InChI is InChI=1S/C6H10N2S/c1-2-9-6-8-4-3-7-5-8/h3-5H,2,6H2,1H3/p+1. The summed E-state index contributed by atoms with van der Waals surface area (Å²) in [5, 5.41) is 0. The van der Waals surface area contributed by atoms with Crippen LogP contribution in [0.3, 0.4) is 0 Å². The minimum absolute atomic E-state index is 1.11. The zero-order valence-electron chi connectivity index (χ0n) is 5.50. The van der Waals surface area contributed by atoms with Crippen molar-refractivity contribution < 1.29 is 4.90 Å². The first-order valence-corrected chi connectivity index (χ1v) is 4.22. The summed E-state index contributed by atoms with van der Waals surface area (Å²) < 4.78 is 0. The van der Waals surface area contributed by atoms with E-state index in [0.717, 1.165) is 5.88 Å². The van der Waals surface area contributed by atoms with Gasteiger partial charge in [0, 0.05) is 0 Å². The molecule has 0 saturated carbocycles. The summed E-state index contributed by atoms with van der Waals surface area (Å²) >= 11 is 1.93. The highest BCUT2D eigenvalue weighted by molar-refractivity contribution is 7.99. The fraction of sp³-hybridized carbons (Fsp3) is 0.500. The maximum atomic E-state index is 3.96. The van der Waals surface area contributed by atoms with E-state index in [0.29, 0.717) is 0 Å². The van der Waals surface area contributed by atoms with Gasteiger partial charge in [-0.15, -0.1) is 11.8 Å². The molecule has 1 unspecified atom stereocenters. The Morgan fingerprint density at radius 1 is 1.67 bits per heavy atom. The van der Waals surface area contributed by atoms with Gasteiger partial charge >= 0.3 is 0 Å². The van der Waals surface area contributed by atoms with Gasteiger partial charge in [-0.05, 0) is 5.75 Å². The maximum absolute atomic E-state index is 3.96. The van der Waals surface area contributed by atoms with Crippen LogP contribution in [-0.2, 0) is 0 Å². The van der Waals surface area contributed by atoms with Crippen molar-refractivity contribution in [3.05, 3.63) is 12.4 Å². The van der Waals surface area contributed by atoms with Crippen molar-refractivity contribution in [2.45, 2.75) is 6.92 Å². The van der Waals surface area contributed by atoms with Crippen LogP contribution in [-0.4, -0.2) is 18.0 Å². The summed E-state index contributed by atoms with van der Waals surface area (Å²) in [5.74, 6) is 2.29. The SMILES string of the molecule is CCSC[NH+]1C=CN=C1. The molecule has 2 nitrogen and oxygen atoms in total. The van der Waals surface area contributed by atoms with E-state index in [-0.39, 0.29) is 0 Å². The van der Waals surface area contributed by atoms with Gasteiger partial charge in [0.2, 0.25) is 0 Å². The molecule has 0 fully saturated rings. The van der Waals surface area contributed by atoms with Gasteiger partial charge in [-0.25, -0.2) is 4.99 Å². The molecule has 0 bridgehead atoms. The Labute approximate surface area is 59.6 Å². The molecule has 0 amide bonds. The second-order valence-electron chi connectivity index (χ2n) is 1.81. The smallest absolute Gasteiger partial charge is 0.193 e. The number of thioether (sulfide) groups is 1. The zero-order valence-corrected chi connectivity index (χ0v) is 6.32. The molecule has 1 atom stereocenters. The zero-order chi connectivity index (χ0) is 6.53. The maximum Gasteiger partial charge on any atom is 0.193 e. The van der Waals surface area contributed by atoms with E-state index in [1.807, 2.05) is 24.3 Å². The Morgan fingerprint density at radius 3 is 3.11 bits per heavy atom. The molecular weight excluding hydrogens is 132 g/mol. The number of nitrogens with one attached hydrogen (secondary N) is 1. The van der Waals surface area contributed by atoms with Gasteiger partial charge in [-0.3, -0.25) is 4.90 Å². The van der Waals surface area contributed by atoms with E-state index in [4.69, 9.17) is 0 Å². The minimum Gasteiger partial charge on any atom is -0.256 e. The number of aliphatic imine (C=N–C) groups is 1. The van der Waals surface area contributed by atoms with Crippen LogP contribution >= 0.6 is 11.8 Å². The summed E-state index contributed by atoms with van der Waals surface area (Å²) in [6.07, 6.45) is 5.82. The highest BCUT2D eigenvalue weighted by atomic mass is 32.2. The molecule has 1 rings (SSSR count). The van der Waals surface area contributed by atoms with E-state index in [1.165, 1.54) is 10.7 Å². The summed E-state index contributed by atoms with van der Waals surface area (Å²) in [6.45, 7) is 2.17. The summed E-state index contributed by atoms with van der Waals surface area (Å²) in [5.41, 5.74) is 0. The van der Waals surface area contributed by atoms with E-state index in [1.54, 1.807) is 0 Å². The third kappa shape index (κ3) is 2.20. The average molecular weight is 143 g/mol. The van der Waals surface area contributed by atoms with E-state index in [9.17, 15) is 0 Å². The quantitative estimate of drug-likeness (QED) is 0.592. The lowest BCUT2D eigenvalue weighted by Gasteiger charge is -2.01. The molecule has 1 aliphatic rings. The molecule has 0 radical (unpaired) electrons. The van der Waals surface area contributed by atoms with Crippen molar-refractivity contribution in [2.75, 3.05) is 11.6 Å². The van der Waals surface area contributed by atoms with Gasteiger partial charge in [0.1, 0.15) is 12.1 Å². The van der Waals surface area contributed by atoms with Gasteiger partial charge in [0.15, 0.2) is 6.34 Å². The normalized spacial score (nSPS) is 23.4. The van der Waals surface area contributed by atoms with Crippen LogP contribution < -0.4 is 4.90 Å². The Hall–Kier alpha value is -0.280. The van der Waals surface area contributed by atoms with Crippen LogP contribution in [0.15, 0.2) is 17.4 Å². The molecule has 0 aromatic heterocycles. The Kier molecular flexibility index (Phi) is 2.80. The molecule has 1 aliphatic heterocycles. The number of hydrogen-bond donors (Lipinski definition) is 1. The highest BCUT2D eigenvalue weighted by Crippen LogP contribution is 1.90. The lowest BCUT2D eigenvalue weighted by atomic mass is 10.8. The average Bonchev–Trinajstić information content (AvgIpc) is 2.34. The second-order valence-corrected chi connectivity index (χ2v) is 3.08. The van der Waals surface area contributed by atoms with Crippen molar-refractivity contribution in [3.63, 3.8) is 0 Å². The van der Waals surface area contributed by atoms with Crippen molar-refractivity contribution in [1.82, 2.24) is 0 Å². The first-order valence-electron chi connectivity index (χ1n) is 3.07. The lowest BCUT2D eigenvalue weighted by Crippen LogP contribution is -3.05. The van der Waals surface area contributed by atoms with Gasteiger partial charge in [0.05, 0.1) is 6.20 Å². The van der Waals surface area contributed by atoms with Crippen molar-refractivity contribution >= 4 is 18.1 Å². The molecule has 0 aromatic carbocycles. The first-order chi connectivity index (χ1) is 4.43. The van der Waals surface area contributed by atoms with Gasteiger partial charge in [0.25, 0.3) is 0 Å². The molecule has 0 aliphatic carbocycles. The molecule has 0 saturated heterocycles. The van der Waals surface area contributed by atoms with E-state index in [2.05, 4.69) is 18.1 Å². The lowest BCUT2D eigenvalue weighted by molar-refractivity contribution is -0.719. The van der Waals surface area contributed by atoms with Crippen LogP contribution in [0.4, 0.5) is 0 Å². The van der Waals surface area contributed by atoms with E-state index >= 15 is 0 Å². The van der Waals surface area contributed by atoms with E-state index < -0.39 is 0 Å². The number of quaternary nitrogens is 1. The fourth-order valence-corrected chi connectivity index (χ4v) is 1.24. The topological polar surface area (TPSA) is 16.8 Å². The summed E-state index contributed by atoms with van der Waals surface area (Å²) in [6, 6.07) is 0. The van der Waals surface area contributed by atoms with Crippen LogP contribution in [0.1, 0.15) is 6.92 Å². The predicted octanol–water partition coefficient (Wildman–Crippen LogP) is 0.0950. The van der Waals surface area contributed by atoms with Crippen LogP contribution in [0.2, 0.25) is 0 Å². The fourth-order valence-electron chi connectivity index (χ4n) is 0.626. The molecule has 9 heavy (non-hydrogen) atoms. The minimum atomic E-state index is 1.11.